The Bertz CT molecular complexity index is 871. The van der Waals surface area contributed by atoms with E-state index in [2.05, 4.69) is 20.4 Å². The van der Waals surface area contributed by atoms with Crippen molar-refractivity contribution in [3.63, 3.8) is 0 Å². The predicted molar refractivity (Wildman–Crippen MR) is 93.0 cm³/mol. The summed E-state index contributed by atoms with van der Waals surface area (Å²) in [4.78, 5) is 25.1. The minimum atomic E-state index is -0.627. The summed E-state index contributed by atoms with van der Waals surface area (Å²) in [6, 6.07) is 13.5. The van der Waals surface area contributed by atoms with Crippen molar-refractivity contribution in [1.29, 1.82) is 0 Å². The van der Waals surface area contributed by atoms with E-state index >= 15 is 0 Å². The first-order valence-electron chi connectivity index (χ1n) is 7.48. The monoisotopic (exact) mass is 338 g/mol. The van der Waals surface area contributed by atoms with Crippen molar-refractivity contribution in [2.75, 3.05) is 5.32 Å². The molecule has 1 atom stereocenters. The van der Waals surface area contributed by atoms with E-state index in [-0.39, 0.29) is 5.91 Å². The van der Waals surface area contributed by atoms with Crippen molar-refractivity contribution < 1.29 is 9.63 Å². The van der Waals surface area contributed by atoms with Crippen LogP contribution in [0.25, 0.3) is 11.4 Å². The second kappa shape index (κ2) is 6.29. The zero-order valence-corrected chi connectivity index (χ0v) is 13.4. The Morgan fingerprint density at radius 1 is 1.25 bits per heavy atom. The molecule has 2 aromatic heterocycles. The highest BCUT2D eigenvalue weighted by Crippen LogP contribution is 2.24. The number of nitrogens with one attached hydrogen (secondary N) is 2. The standard InChI is InChI=1S/C17H14N4O2S/c22-16(15-9-13(21-23-15)11-5-2-1-3-6-11)20-17-19-14(10-24-17)12-7-4-8-18-12/h1-8,10,15,18H,9H2,(H,19,20,22). The van der Waals surface area contributed by atoms with Crippen molar-refractivity contribution in [3.05, 3.63) is 59.6 Å². The Labute approximate surface area is 142 Å². The van der Waals surface area contributed by atoms with E-state index in [4.69, 9.17) is 4.84 Å². The van der Waals surface area contributed by atoms with Gasteiger partial charge in [0.15, 0.2) is 5.13 Å². The molecule has 0 fully saturated rings. The summed E-state index contributed by atoms with van der Waals surface area (Å²) in [6.45, 7) is 0. The van der Waals surface area contributed by atoms with Gasteiger partial charge >= 0.3 is 0 Å². The highest BCUT2D eigenvalue weighted by atomic mass is 32.1. The average molecular weight is 338 g/mol. The number of carbonyl (C=O) groups is 1. The number of benzene rings is 1. The fourth-order valence-electron chi connectivity index (χ4n) is 2.45. The van der Waals surface area contributed by atoms with Crippen LogP contribution in [0.2, 0.25) is 0 Å². The van der Waals surface area contributed by atoms with Gasteiger partial charge in [0.05, 0.1) is 17.1 Å². The normalized spacial score (nSPS) is 16.5. The number of aromatic nitrogens is 2. The number of thiazole rings is 1. The molecule has 24 heavy (non-hydrogen) atoms. The maximum Gasteiger partial charge on any atom is 0.270 e. The van der Waals surface area contributed by atoms with Gasteiger partial charge in [-0.15, -0.1) is 11.3 Å². The third-order valence-corrected chi connectivity index (χ3v) is 4.43. The topological polar surface area (TPSA) is 79.4 Å². The summed E-state index contributed by atoms with van der Waals surface area (Å²) >= 11 is 1.38. The molecule has 1 aliphatic rings. The van der Waals surface area contributed by atoms with Crippen LogP contribution >= 0.6 is 11.3 Å². The third-order valence-electron chi connectivity index (χ3n) is 3.68. The highest BCUT2D eigenvalue weighted by molar-refractivity contribution is 7.14. The van der Waals surface area contributed by atoms with Gasteiger partial charge < -0.3 is 9.82 Å². The molecule has 0 saturated carbocycles. The Balaban J connectivity index is 1.39. The van der Waals surface area contributed by atoms with E-state index in [1.807, 2.05) is 54.0 Å². The second-order valence-corrected chi connectivity index (χ2v) is 6.17. The highest BCUT2D eigenvalue weighted by Gasteiger charge is 2.29. The maximum absolute atomic E-state index is 12.3. The molecule has 1 aliphatic heterocycles. The van der Waals surface area contributed by atoms with Crippen molar-refractivity contribution in [2.24, 2.45) is 5.16 Å². The first kappa shape index (κ1) is 14.6. The van der Waals surface area contributed by atoms with Gasteiger partial charge in [-0.3, -0.25) is 10.1 Å². The number of rotatable bonds is 4. The lowest BCUT2D eigenvalue weighted by molar-refractivity contribution is -0.125. The molecule has 1 aromatic carbocycles. The van der Waals surface area contributed by atoms with E-state index in [9.17, 15) is 4.79 Å². The van der Waals surface area contributed by atoms with E-state index in [1.165, 1.54) is 11.3 Å². The molecule has 4 rings (SSSR count). The molecule has 3 aromatic rings. The van der Waals surface area contributed by atoms with E-state index in [1.54, 1.807) is 0 Å². The smallest absolute Gasteiger partial charge is 0.270 e. The first-order chi connectivity index (χ1) is 11.8. The molecular formula is C17H14N4O2S. The van der Waals surface area contributed by atoms with Gasteiger partial charge in [0.1, 0.15) is 0 Å². The molecule has 1 unspecified atom stereocenters. The van der Waals surface area contributed by atoms with E-state index in [0.29, 0.717) is 11.6 Å². The molecule has 3 heterocycles. The number of H-pyrrole nitrogens is 1. The average Bonchev–Trinajstić information content (AvgIpc) is 3.36. The Morgan fingerprint density at radius 3 is 2.92 bits per heavy atom. The van der Waals surface area contributed by atoms with Gasteiger partial charge in [0, 0.05) is 18.0 Å². The number of anilines is 1. The summed E-state index contributed by atoms with van der Waals surface area (Å²) in [5, 5.41) is 9.26. The summed E-state index contributed by atoms with van der Waals surface area (Å²) in [6.07, 6.45) is 1.66. The van der Waals surface area contributed by atoms with Gasteiger partial charge in [-0.2, -0.15) is 0 Å². The van der Waals surface area contributed by atoms with E-state index in [0.717, 1.165) is 22.7 Å². The van der Waals surface area contributed by atoms with E-state index < -0.39 is 6.10 Å². The van der Waals surface area contributed by atoms with Gasteiger partial charge in [-0.25, -0.2) is 4.98 Å². The first-order valence-corrected chi connectivity index (χ1v) is 8.36. The van der Waals surface area contributed by atoms with Crippen LogP contribution in [0.4, 0.5) is 5.13 Å². The summed E-state index contributed by atoms with van der Waals surface area (Å²) in [5.41, 5.74) is 3.46. The molecule has 6 nitrogen and oxygen atoms in total. The minimum Gasteiger partial charge on any atom is -0.382 e. The predicted octanol–water partition coefficient (Wildman–Crippen LogP) is 3.27. The molecule has 0 radical (unpaired) electrons. The van der Waals surface area contributed by atoms with Crippen molar-refractivity contribution in [2.45, 2.75) is 12.5 Å². The molecule has 0 saturated heterocycles. The SMILES string of the molecule is O=C(Nc1nc(-c2ccc[nH]2)cs1)C1CC(c2ccccc2)=NO1. The fraction of sp³-hybridized carbons (Fsp3) is 0.118. The molecule has 0 spiro atoms. The Hall–Kier alpha value is -2.93. The minimum absolute atomic E-state index is 0.239. The number of aromatic amines is 1. The van der Waals surface area contributed by atoms with Crippen LogP contribution in [-0.2, 0) is 9.63 Å². The van der Waals surface area contributed by atoms with Crippen LogP contribution in [0.3, 0.4) is 0 Å². The molecule has 120 valence electrons. The van der Waals surface area contributed by atoms with Gasteiger partial charge in [0.25, 0.3) is 5.91 Å². The van der Waals surface area contributed by atoms with Crippen LogP contribution in [0.15, 0.2) is 59.2 Å². The second-order valence-electron chi connectivity index (χ2n) is 5.31. The van der Waals surface area contributed by atoms with Crippen LogP contribution in [0.5, 0.6) is 0 Å². The lowest BCUT2D eigenvalue weighted by Crippen LogP contribution is -2.27. The largest absolute Gasteiger partial charge is 0.382 e. The number of amides is 1. The number of oxime groups is 1. The van der Waals surface area contributed by atoms with Crippen LogP contribution in [0.1, 0.15) is 12.0 Å². The van der Waals surface area contributed by atoms with Crippen LogP contribution < -0.4 is 5.32 Å². The number of nitrogens with zero attached hydrogens (tertiary/aromatic N) is 2. The lowest BCUT2D eigenvalue weighted by Gasteiger charge is -2.06. The Kier molecular flexibility index (Phi) is 3.84. The van der Waals surface area contributed by atoms with Crippen LogP contribution in [0, 0.1) is 0 Å². The van der Waals surface area contributed by atoms with Gasteiger partial charge in [-0.1, -0.05) is 35.5 Å². The molecule has 7 heteroatoms. The van der Waals surface area contributed by atoms with Gasteiger partial charge in [-0.05, 0) is 17.7 Å². The van der Waals surface area contributed by atoms with Crippen LogP contribution in [-0.4, -0.2) is 27.7 Å². The molecular weight excluding hydrogens is 324 g/mol. The number of hydrogen-bond donors (Lipinski definition) is 2. The van der Waals surface area contributed by atoms with Crippen molar-refractivity contribution >= 4 is 28.1 Å². The maximum atomic E-state index is 12.3. The van der Waals surface area contributed by atoms with Crippen molar-refractivity contribution in [1.82, 2.24) is 9.97 Å². The lowest BCUT2D eigenvalue weighted by atomic mass is 10.1. The van der Waals surface area contributed by atoms with Gasteiger partial charge in [0.2, 0.25) is 6.10 Å². The molecule has 2 N–H and O–H groups in total. The summed E-state index contributed by atoms with van der Waals surface area (Å²) < 4.78 is 0. The molecule has 0 bridgehead atoms. The summed E-state index contributed by atoms with van der Waals surface area (Å²) in [7, 11) is 0. The van der Waals surface area contributed by atoms with Crippen molar-refractivity contribution in [3.8, 4) is 11.4 Å². The Morgan fingerprint density at radius 2 is 2.12 bits per heavy atom. The number of hydrogen-bond acceptors (Lipinski definition) is 5. The zero-order valence-electron chi connectivity index (χ0n) is 12.6. The quantitative estimate of drug-likeness (QED) is 0.766. The summed E-state index contributed by atoms with van der Waals surface area (Å²) in [5.74, 6) is -0.239. The molecule has 1 amide bonds. The fourth-order valence-corrected chi connectivity index (χ4v) is 3.16. The molecule has 0 aliphatic carbocycles. The number of carbonyl (C=O) groups excluding carboxylic acids is 1. The third kappa shape index (κ3) is 2.93. The zero-order chi connectivity index (χ0) is 16.4.